The fourth-order valence-corrected chi connectivity index (χ4v) is 4.29. The van der Waals surface area contributed by atoms with Gasteiger partial charge in [-0.2, -0.15) is 0 Å². The van der Waals surface area contributed by atoms with Gasteiger partial charge in [-0.25, -0.2) is 9.29 Å². The summed E-state index contributed by atoms with van der Waals surface area (Å²) < 4.78 is 13.4. The van der Waals surface area contributed by atoms with Crippen molar-refractivity contribution in [2.45, 2.75) is 4.90 Å². The minimum absolute atomic E-state index is 0.204. The lowest BCUT2D eigenvalue weighted by molar-refractivity contribution is -0.119. The van der Waals surface area contributed by atoms with Crippen LogP contribution >= 0.6 is 35.0 Å². The van der Waals surface area contributed by atoms with E-state index in [0.29, 0.717) is 16.3 Å². The first-order valence-electron chi connectivity index (χ1n) is 8.52. The van der Waals surface area contributed by atoms with Crippen molar-refractivity contribution in [1.29, 1.82) is 0 Å². The van der Waals surface area contributed by atoms with Crippen molar-refractivity contribution in [3.05, 3.63) is 99.1 Å². The number of para-hydroxylation sites is 1. The Labute approximate surface area is 180 Å². The smallest absolute Gasteiger partial charge is 0.268 e. The van der Waals surface area contributed by atoms with E-state index >= 15 is 0 Å². The molecule has 0 fully saturated rings. The fourth-order valence-electron chi connectivity index (χ4n) is 2.95. The van der Waals surface area contributed by atoms with E-state index in [9.17, 15) is 14.0 Å². The Kier molecular flexibility index (Phi) is 5.46. The van der Waals surface area contributed by atoms with Crippen LogP contribution in [0.1, 0.15) is 5.56 Å². The number of nitrogens with zero attached hydrogens (tertiary/aromatic N) is 1. The standard InChI is InChI=1S/C22H12Cl2FNO2S/c23-14-7-11-16(12-8-14)29-20-19(13-5-9-15(25)10-6-13)21(27)26(22(20)28)18-4-2-1-3-17(18)24/h1-12H. The molecule has 7 heteroatoms. The molecule has 0 atom stereocenters. The second kappa shape index (κ2) is 8.03. The molecule has 3 aromatic carbocycles. The van der Waals surface area contributed by atoms with E-state index in [1.54, 1.807) is 48.5 Å². The third-order valence-electron chi connectivity index (χ3n) is 4.30. The Morgan fingerprint density at radius 3 is 2.10 bits per heavy atom. The molecule has 0 unspecified atom stereocenters. The van der Waals surface area contributed by atoms with E-state index in [0.717, 1.165) is 21.6 Å². The first-order chi connectivity index (χ1) is 14.0. The van der Waals surface area contributed by atoms with Crippen molar-refractivity contribution >= 4 is 58.0 Å². The first kappa shape index (κ1) is 19.7. The van der Waals surface area contributed by atoms with Gasteiger partial charge < -0.3 is 0 Å². The summed E-state index contributed by atoms with van der Waals surface area (Å²) in [6.45, 7) is 0. The van der Waals surface area contributed by atoms with Crippen LogP contribution in [0.15, 0.2) is 82.6 Å². The van der Waals surface area contributed by atoms with E-state index in [2.05, 4.69) is 0 Å². The molecule has 3 nitrogen and oxygen atoms in total. The van der Waals surface area contributed by atoms with Crippen molar-refractivity contribution in [2.24, 2.45) is 0 Å². The zero-order valence-corrected chi connectivity index (χ0v) is 17.1. The van der Waals surface area contributed by atoms with E-state index in [-0.39, 0.29) is 15.5 Å². The van der Waals surface area contributed by atoms with Gasteiger partial charge in [0.2, 0.25) is 0 Å². The van der Waals surface area contributed by atoms with Crippen LogP contribution in [0.5, 0.6) is 0 Å². The first-order valence-corrected chi connectivity index (χ1v) is 10.1. The number of benzene rings is 3. The fraction of sp³-hybridized carbons (Fsp3) is 0. The molecule has 0 N–H and O–H groups in total. The zero-order valence-electron chi connectivity index (χ0n) is 14.7. The Morgan fingerprint density at radius 2 is 1.45 bits per heavy atom. The second-order valence-corrected chi connectivity index (χ2v) is 8.09. The number of thioether (sulfide) groups is 1. The van der Waals surface area contributed by atoms with Gasteiger partial charge in [-0.15, -0.1) is 0 Å². The highest BCUT2D eigenvalue weighted by Gasteiger charge is 2.41. The Balaban J connectivity index is 1.83. The number of rotatable bonds is 4. The summed E-state index contributed by atoms with van der Waals surface area (Å²) in [6.07, 6.45) is 0. The maximum absolute atomic E-state index is 13.4. The molecule has 0 spiro atoms. The summed E-state index contributed by atoms with van der Waals surface area (Å²) in [5.41, 5.74) is 0.959. The minimum atomic E-state index is -0.508. The predicted octanol–water partition coefficient (Wildman–Crippen LogP) is 6.21. The Morgan fingerprint density at radius 1 is 0.793 bits per heavy atom. The molecule has 0 radical (unpaired) electrons. The molecule has 1 heterocycles. The lowest BCUT2D eigenvalue weighted by Gasteiger charge is -2.16. The molecular formula is C22H12Cl2FNO2S. The largest absolute Gasteiger partial charge is 0.272 e. The molecule has 2 amide bonds. The second-order valence-electron chi connectivity index (χ2n) is 6.16. The molecule has 1 aliphatic rings. The van der Waals surface area contributed by atoms with Gasteiger partial charge in [0.25, 0.3) is 11.8 Å². The number of hydrogen-bond acceptors (Lipinski definition) is 3. The van der Waals surface area contributed by atoms with Gasteiger partial charge >= 0.3 is 0 Å². The lowest BCUT2D eigenvalue weighted by atomic mass is 10.1. The average Bonchev–Trinajstić information content (AvgIpc) is 2.95. The summed E-state index contributed by atoms with van der Waals surface area (Å²) in [5.74, 6) is -1.42. The third-order valence-corrected chi connectivity index (χ3v) is 5.96. The van der Waals surface area contributed by atoms with Crippen LogP contribution in [-0.2, 0) is 9.59 Å². The van der Waals surface area contributed by atoms with Crippen LogP contribution in [-0.4, -0.2) is 11.8 Å². The minimum Gasteiger partial charge on any atom is -0.268 e. The third kappa shape index (κ3) is 3.81. The SMILES string of the molecule is O=C1C(Sc2ccc(Cl)cc2)=C(c2ccc(F)cc2)C(=O)N1c1ccccc1Cl. The Bertz CT molecular complexity index is 1140. The van der Waals surface area contributed by atoms with Gasteiger partial charge in [0.05, 0.1) is 21.2 Å². The van der Waals surface area contributed by atoms with Gasteiger partial charge in [-0.1, -0.05) is 59.2 Å². The summed E-state index contributed by atoms with van der Waals surface area (Å²) in [7, 11) is 0. The monoisotopic (exact) mass is 443 g/mol. The van der Waals surface area contributed by atoms with Crippen LogP contribution in [0, 0.1) is 5.82 Å². The molecule has 144 valence electrons. The molecular weight excluding hydrogens is 432 g/mol. The van der Waals surface area contributed by atoms with Gasteiger partial charge in [-0.3, -0.25) is 9.59 Å². The molecule has 0 aromatic heterocycles. The lowest BCUT2D eigenvalue weighted by Crippen LogP contribution is -2.31. The quantitative estimate of drug-likeness (QED) is 0.449. The van der Waals surface area contributed by atoms with Gasteiger partial charge in [0.15, 0.2) is 0 Å². The number of amides is 2. The van der Waals surface area contributed by atoms with Gasteiger partial charge in [-0.05, 0) is 54.1 Å². The van der Waals surface area contributed by atoms with E-state index in [4.69, 9.17) is 23.2 Å². The maximum Gasteiger partial charge on any atom is 0.272 e. The average molecular weight is 444 g/mol. The highest BCUT2D eigenvalue weighted by atomic mass is 35.5. The van der Waals surface area contributed by atoms with Gasteiger partial charge in [0.1, 0.15) is 5.82 Å². The van der Waals surface area contributed by atoms with Crippen LogP contribution in [0.25, 0.3) is 5.57 Å². The number of carbonyl (C=O) groups excluding carboxylic acids is 2. The molecule has 0 saturated heterocycles. The summed E-state index contributed by atoms with van der Waals surface area (Å²) in [4.78, 5) is 28.6. The van der Waals surface area contributed by atoms with Crippen molar-refractivity contribution in [3.8, 4) is 0 Å². The molecule has 0 aliphatic carbocycles. The summed E-state index contributed by atoms with van der Waals surface area (Å²) >= 11 is 13.3. The number of halogens is 3. The Hall–Kier alpha value is -2.60. The number of hydrogen-bond donors (Lipinski definition) is 0. The molecule has 0 bridgehead atoms. The van der Waals surface area contributed by atoms with Gasteiger partial charge in [0, 0.05) is 9.92 Å². The molecule has 4 rings (SSSR count). The molecule has 1 aliphatic heterocycles. The highest BCUT2D eigenvalue weighted by Crippen LogP contribution is 2.42. The zero-order chi connectivity index (χ0) is 20.5. The van der Waals surface area contributed by atoms with Crippen LogP contribution in [0.3, 0.4) is 0 Å². The van der Waals surface area contributed by atoms with E-state index in [1.165, 1.54) is 24.3 Å². The summed E-state index contributed by atoms with van der Waals surface area (Å²) in [5, 5.41) is 0.846. The van der Waals surface area contributed by atoms with E-state index < -0.39 is 17.6 Å². The molecule has 29 heavy (non-hydrogen) atoms. The van der Waals surface area contributed by atoms with Crippen molar-refractivity contribution < 1.29 is 14.0 Å². The van der Waals surface area contributed by atoms with Crippen LogP contribution in [0.2, 0.25) is 10.0 Å². The molecule has 3 aromatic rings. The number of anilines is 1. The highest BCUT2D eigenvalue weighted by molar-refractivity contribution is 8.04. The van der Waals surface area contributed by atoms with Crippen molar-refractivity contribution in [1.82, 2.24) is 0 Å². The number of imide groups is 1. The van der Waals surface area contributed by atoms with Crippen molar-refractivity contribution in [2.75, 3.05) is 4.90 Å². The van der Waals surface area contributed by atoms with Crippen LogP contribution in [0.4, 0.5) is 10.1 Å². The molecule has 0 saturated carbocycles. The maximum atomic E-state index is 13.4. The van der Waals surface area contributed by atoms with Crippen LogP contribution < -0.4 is 4.90 Å². The summed E-state index contributed by atoms with van der Waals surface area (Å²) in [6, 6.07) is 19.0. The topological polar surface area (TPSA) is 37.4 Å². The normalized spacial score (nSPS) is 14.1. The van der Waals surface area contributed by atoms with Crippen molar-refractivity contribution in [3.63, 3.8) is 0 Å². The van der Waals surface area contributed by atoms with E-state index in [1.807, 2.05) is 0 Å². The predicted molar refractivity (Wildman–Crippen MR) is 115 cm³/mol. The number of carbonyl (C=O) groups is 2.